The number of carbonyl (C=O) groups is 2. The van der Waals surface area contributed by atoms with Crippen LogP contribution in [0.15, 0.2) is 11.6 Å². The van der Waals surface area contributed by atoms with Gasteiger partial charge in [-0.2, -0.15) is 0 Å². The average molecular weight is 281 g/mol. The highest BCUT2D eigenvalue weighted by molar-refractivity contribution is 5.79. The van der Waals surface area contributed by atoms with Gasteiger partial charge in [0.05, 0.1) is 0 Å². The van der Waals surface area contributed by atoms with Gasteiger partial charge >= 0.3 is 0 Å². The van der Waals surface area contributed by atoms with E-state index in [1.807, 2.05) is 13.8 Å². The molecule has 0 saturated heterocycles. The average Bonchev–Trinajstić information content (AvgIpc) is 2.47. The lowest BCUT2D eigenvalue weighted by Gasteiger charge is -2.18. The Balaban J connectivity index is 2.13. The molecule has 0 radical (unpaired) electrons. The molecule has 0 atom stereocenters. The zero-order chi connectivity index (χ0) is 14.8. The van der Waals surface area contributed by atoms with Crippen molar-refractivity contribution in [1.29, 1.82) is 0 Å². The predicted molar refractivity (Wildman–Crippen MR) is 80.4 cm³/mol. The maximum Gasteiger partial charge on any atom is 0.222 e. The molecular formula is C15H27N3O2. The van der Waals surface area contributed by atoms with Crippen LogP contribution in [0.1, 0.15) is 39.5 Å². The Morgan fingerprint density at radius 2 is 2.05 bits per heavy atom. The van der Waals surface area contributed by atoms with Crippen LogP contribution in [0, 0.1) is 0 Å². The van der Waals surface area contributed by atoms with Crippen molar-refractivity contribution in [2.75, 3.05) is 32.7 Å². The number of hydrogen-bond acceptors (Lipinski definition) is 3. The van der Waals surface area contributed by atoms with E-state index in [9.17, 15) is 9.59 Å². The number of carbonyl (C=O) groups excluding carboxylic acids is 2. The van der Waals surface area contributed by atoms with E-state index in [0.717, 1.165) is 32.6 Å². The molecule has 0 aromatic rings. The van der Waals surface area contributed by atoms with Crippen molar-refractivity contribution in [3.8, 4) is 0 Å². The van der Waals surface area contributed by atoms with Crippen LogP contribution in [0.5, 0.6) is 0 Å². The quantitative estimate of drug-likeness (QED) is 0.654. The van der Waals surface area contributed by atoms with Crippen LogP contribution in [0.3, 0.4) is 0 Å². The first-order valence-corrected chi connectivity index (χ1v) is 7.60. The molecule has 0 bridgehead atoms. The Hall–Kier alpha value is -1.36. The Kier molecular flexibility index (Phi) is 7.95. The number of nitrogens with zero attached hydrogens (tertiary/aromatic N) is 1. The summed E-state index contributed by atoms with van der Waals surface area (Å²) in [6.07, 6.45) is 4.65. The van der Waals surface area contributed by atoms with E-state index < -0.39 is 0 Å². The van der Waals surface area contributed by atoms with Crippen molar-refractivity contribution >= 4 is 11.8 Å². The SMILES string of the molecule is CCN(CC)C(=O)CCCC(=O)NCC1=CCNCC1. The van der Waals surface area contributed by atoms with Gasteiger partial charge in [0.15, 0.2) is 0 Å². The van der Waals surface area contributed by atoms with Crippen molar-refractivity contribution in [3.05, 3.63) is 11.6 Å². The highest BCUT2D eigenvalue weighted by atomic mass is 16.2. The van der Waals surface area contributed by atoms with Crippen molar-refractivity contribution in [2.45, 2.75) is 39.5 Å². The van der Waals surface area contributed by atoms with Gasteiger partial charge in [0, 0.05) is 39.0 Å². The van der Waals surface area contributed by atoms with Crippen molar-refractivity contribution < 1.29 is 9.59 Å². The second-order valence-electron chi connectivity index (χ2n) is 5.01. The Morgan fingerprint density at radius 1 is 1.30 bits per heavy atom. The molecule has 0 saturated carbocycles. The standard InChI is InChI=1S/C15H27N3O2/c1-3-18(4-2)15(20)7-5-6-14(19)17-12-13-8-10-16-11-9-13/h8,16H,3-7,9-12H2,1-2H3,(H,17,19). The smallest absolute Gasteiger partial charge is 0.222 e. The zero-order valence-electron chi connectivity index (χ0n) is 12.7. The minimum atomic E-state index is 0.0387. The molecule has 0 aromatic heterocycles. The lowest BCUT2D eigenvalue weighted by atomic mass is 10.1. The van der Waals surface area contributed by atoms with Crippen molar-refractivity contribution in [1.82, 2.24) is 15.5 Å². The molecule has 0 unspecified atom stereocenters. The van der Waals surface area contributed by atoms with Gasteiger partial charge in [-0.25, -0.2) is 0 Å². The van der Waals surface area contributed by atoms with Gasteiger partial charge in [0.2, 0.25) is 11.8 Å². The normalized spacial score (nSPS) is 14.6. The summed E-state index contributed by atoms with van der Waals surface area (Å²) in [6, 6.07) is 0. The molecule has 0 fully saturated rings. The molecule has 5 nitrogen and oxygen atoms in total. The third-order valence-corrected chi connectivity index (χ3v) is 3.58. The van der Waals surface area contributed by atoms with Crippen LogP contribution in [0.25, 0.3) is 0 Å². The molecule has 1 aliphatic heterocycles. The molecule has 0 aliphatic carbocycles. The van der Waals surface area contributed by atoms with Gasteiger partial charge in [-0.1, -0.05) is 11.6 Å². The second-order valence-corrected chi connectivity index (χ2v) is 5.01. The third-order valence-electron chi connectivity index (χ3n) is 3.58. The predicted octanol–water partition coefficient (Wildman–Crippen LogP) is 1.06. The summed E-state index contributed by atoms with van der Waals surface area (Å²) in [4.78, 5) is 25.3. The van der Waals surface area contributed by atoms with Crippen LogP contribution in [-0.2, 0) is 9.59 Å². The lowest BCUT2D eigenvalue weighted by Crippen LogP contribution is -2.31. The molecule has 1 aliphatic rings. The van der Waals surface area contributed by atoms with E-state index in [1.165, 1.54) is 5.57 Å². The summed E-state index contributed by atoms with van der Waals surface area (Å²) >= 11 is 0. The van der Waals surface area contributed by atoms with Crippen molar-refractivity contribution in [3.63, 3.8) is 0 Å². The Bertz CT molecular complexity index is 349. The summed E-state index contributed by atoms with van der Waals surface area (Å²) in [5.41, 5.74) is 1.29. The van der Waals surface area contributed by atoms with Gasteiger partial charge in [0.25, 0.3) is 0 Å². The molecule has 20 heavy (non-hydrogen) atoms. The summed E-state index contributed by atoms with van der Waals surface area (Å²) in [5, 5.41) is 6.16. The van der Waals surface area contributed by atoms with Gasteiger partial charge < -0.3 is 15.5 Å². The van der Waals surface area contributed by atoms with Gasteiger partial charge in [-0.3, -0.25) is 9.59 Å². The first-order valence-electron chi connectivity index (χ1n) is 7.60. The zero-order valence-corrected chi connectivity index (χ0v) is 12.7. The van der Waals surface area contributed by atoms with Gasteiger partial charge in [0.1, 0.15) is 0 Å². The third kappa shape index (κ3) is 6.19. The highest BCUT2D eigenvalue weighted by Crippen LogP contribution is 2.04. The largest absolute Gasteiger partial charge is 0.352 e. The van der Waals surface area contributed by atoms with E-state index >= 15 is 0 Å². The molecule has 2 amide bonds. The first-order chi connectivity index (χ1) is 9.67. The summed E-state index contributed by atoms with van der Waals surface area (Å²) in [5.74, 6) is 0.181. The van der Waals surface area contributed by atoms with Crippen LogP contribution < -0.4 is 10.6 Å². The van der Waals surface area contributed by atoms with Crippen LogP contribution >= 0.6 is 0 Å². The Morgan fingerprint density at radius 3 is 2.65 bits per heavy atom. The molecule has 2 N–H and O–H groups in total. The van der Waals surface area contributed by atoms with E-state index in [-0.39, 0.29) is 11.8 Å². The topological polar surface area (TPSA) is 61.4 Å². The molecule has 0 aromatic carbocycles. The van der Waals surface area contributed by atoms with Crippen molar-refractivity contribution in [2.24, 2.45) is 0 Å². The molecule has 1 rings (SSSR count). The monoisotopic (exact) mass is 281 g/mol. The van der Waals surface area contributed by atoms with Crippen LogP contribution in [0.4, 0.5) is 0 Å². The number of hydrogen-bond donors (Lipinski definition) is 2. The molecule has 5 heteroatoms. The second kappa shape index (κ2) is 9.53. The molecular weight excluding hydrogens is 254 g/mol. The fraction of sp³-hybridized carbons (Fsp3) is 0.733. The number of rotatable bonds is 8. The molecule has 0 spiro atoms. The minimum absolute atomic E-state index is 0.0387. The van der Waals surface area contributed by atoms with Gasteiger partial charge in [-0.15, -0.1) is 0 Å². The highest BCUT2D eigenvalue weighted by Gasteiger charge is 2.10. The lowest BCUT2D eigenvalue weighted by molar-refractivity contribution is -0.131. The Labute approximate surface area is 121 Å². The molecule has 1 heterocycles. The van der Waals surface area contributed by atoms with Gasteiger partial charge in [-0.05, 0) is 33.2 Å². The fourth-order valence-corrected chi connectivity index (χ4v) is 2.27. The summed E-state index contributed by atoms with van der Waals surface area (Å²) < 4.78 is 0. The summed E-state index contributed by atoms with van der Waals surface area (Å²) in [7, 11) is 0. The fourth-order valence-electron chi connectivity index (χ4n) is 2.27. The van der Waals surface area contributed by atoms with E-state index in [0.29, 0.717) is 25.8 Å². The van der Waals surface area contributed by atoms with Crippen LogP contribution in [-0.4, -0.2) is 49.4 Å². The van der Waals surface area contributed by atoms with E-state index in [2.05, 4.69) is 16.7 Å². The maximum absolute atomic E-state index is 11.8. The molecule has 114 valence electrons. The first kappa shape index (κ1) is 16.7. The van der Waals surface area contributed by atoms with E-state index in [4.69, 9.17) is 0 Å². The maximum atomic E-state index is 11.8. The minimum Gasteiger partial charge on any atom is -0.352 e. The van der Waals surface area contributed by atoms with Crippen LogP contribution in [0.2, 0.25) is 0 Å². The number of amides is 2. The summed E-state index contributed by atoms with van der Waals surface area (Å²) in [6.45, 7) is 7.95. The van der Waals surface area contributed by atoms with E-state index in [1.54, 1.807) is 4.90 Å². The number of nitrogens with one attached hydrogen (secondary N) is 2.